The molecule has 0 bridgehead atoms. The highest BCUT2D eigenvalue weighted by Gasteiger charge is 2.29. The van der Waals surface area contributed by atoms with E-state index < -0.39 is 0 Å². The summed E-state index contributed by atoms with van der Waals surface area (Å²) >= 11 is 3.38. The molecule has 2 aliphatic rings. The quantitative estimate of drug-likeness (QED) is 0.0316. The molecule has 0 saturated heterocycles. The maximum atomic E-state index is 9.17. The Balaban J connectivity index is 0.000000145. The zero-order valence-corrected chi connectivity index (χ0v) is 53.0. The minimum Gasteiger partial charge on any atom is -0.504 e. The zero-order valence-electron chi connectivity index (χ0n) is 51.4. The van der Waals surface area contributed by atoms with Gasteiger partial charge in [-0.25, -0.2) is 0 Å². The molecule has 8 nitrogen and oxygen atoms in total. The number of hydrogen-bond acceptors (Lipinski definition) is 7. The van der Waals surface area contributed by atoms with Crippen LogP contribution in [0.25, 0.3) is 64.6 Å². The van der Waals surface area contributed by atoms with E-state index in [1.165, 1.54) is 171 Å². The monoisotopic (exact) mass is 1230 g/mol. The highest BCUT2D eigenvalue weighted by atomic mass is 79.9. The van der Waals surface area contributed by atoms with Crippen molar-refractivity contribution >= 4 is 126 Å². The number of halogens is 1. The smallest absolute Gasteiger partial charge is 0.158 e. The van der Waals surface area contributed by atoms with Gasteiger partial charge in [-0.3, -0.25) is 0 Å². The predicted molar refractivity (Wildman–Crippen MR) is 386 cm³/mol. The molecular weight excluding hydrogens is 1150 g/mol. The first kappa shape index (κ1) is 63.7. The molecule has 88 heavy (non-hydrogen) atoms. The molecule has 14 rings (SSSR count). The summed E-state index contributed by atoms with van der Waals surface area (Å²) in [4.78, 5) is 5.23. The van der Waals surface area contributed by atoms with Gasteiger partial charge in [-0.15, -0.1) is 0 Å². The van der Waals surface area contributed by atoms with Crippen molar-refractivity contribution < 1.29 is 15.7 Å². The van der Waals surface area contributed by atoms with Gasteiger partial charge in [0, 0.05) is 36.2 Å². The fraction of sp³-hybridized carbons (Fsp3) is 0.241. The van der Waals surface area contributed by atoms with Crippen molar-refractivity contribution in [3.8, 4) is 11.5 Å². The van der Waals surface area contributed by atoms with Crippen LogP contribution in [0.2, 0.25) is 0 Å². The van der Waals surface area contributed by atoms with Crippen molar-refractivity contribution in [2.75, 3.05) is 45.0 Å². The van der Waals surface area contributed by atoms with Gasteiger partial charge in [0.15, 0.2) is 11.5 Å². The average molecular weight is 1230 g/mol. The summed E-state index contributed by atoms with van der Waals surface area (Å²) in [6.45, 7) is 8.95. The minimum absolute atomic E-state index is 0. The lowest BCUT2D eigenvalue weighted by molar-refractivity contribution is 0.405. The third-order valence-corrected chi connectivity index (χ3v) is 17.3. The van der Waals surface area contributed by atoms with Gasteiger partial charge in [0.05, 0.1) is 34.1 Å². The zero-order chi connectivity index (χ0) is 60.5. The molecule has 0 unspecified atom stereocenters. The van der Waals surface area contributed by atoms with Crippen LogP contribution < -0.4 is 26.6 Å². The molecule has 2 aliphatic heterocycles. The van der Waals surface area contributed by atoms with Crippen LogP contribution >= 0.6 is 15.9 Å². The van der Waals surface area contributed by atoms with Gasteiger partial charge in [-0.2, -0.15) is 0 Å². The largest absolute Gasteiger partial charge is 0.504 e. The van der Waals surface area contributed by atoms with E-state index in [0.29, 0.717) is 11.4 Å². The Bertz CT molecular complexity index is 3740. The van der Waals surface area contributed by atoms with E-state index in [1.54, 1.807) is 12.1 Å². The van der Waals surface area contributed by atoms with E-state index in [0.717, 1.165) is 41.1 Å². The maximum Gasteiger partial charge on any atom is 0.158 e. The van der Waals surface area contributed by atoms with E-state index in [9.17, 15) is 0 Å². The SMILES string of the molecule is CCCCCCBr.CCCCCCN1c2cc3ccccc3cc2N(CCCCCC)c2cc3ccccc3cc21.Nc1cc2ccccc2cc1N.O.Oc1cc2ccccc2cc1O.c1ccc2cc3c(cc2c1)Cc1cc2ccccc2cc1N3. The Morgan fingerprint density at radius 1 is 0.352 bits per heavy atom. The van der Waals surface area contributed by atoms with Crippen molar-refractivity contribution in [1.82, 2.24) is 0 Å². The standard InChI is InChI=1S/C32H38N2.C21H15N.C10H10N2.C10H8O2.C6H13Br.H2O/c1-3-5-7-13-19-33-29-21-25-15-9-11-17-27(25)23-31(29)34(20-14-8-6-4-2)32-24-28-18-12-10-16-26(28)22-30(32)33;1-3-7-16-12-20-18(9-14(16)5-1)11-19-10-15-6-2-4-8-17(15)13-21(19)22-20;2*11-9-5-7-3-1-2-4-8(7)6-10(9)12;1-2-3-4-5-6-7;/h9-12,15-18,21-24H,3-8,13-14,19-20H2,1-2H3;1-10,12-13,22H,11H2;1-6H,11-12H2;1-6,11-12H;2-6H2,1H3;1H2. The van der Waals surface area contributed by atoms with Crippen LogP contribution in [0.5, 0.6) is 11.5 Å². The number of fused-ring (bicyclic) bond motifs is 10. The molecule has 9 N–H and O–H groups in total. The topological polar surface area (TPSA) is 143 Å². The van der Waals surface area contributed by atoms with Crippen molar-refractivity contribution in [3.05, 3.63) is 230 Å². The molecule has 0 saturated carbocycles. The molecule has 0 fully saturated rings. The molecule has 0 atom stereocenters. The summed E-state index contributed by atoms with van der Waals surface area (Å²) in [6.07, 6.45) is 16.7. The molecule has 0 aromatic heterocycles. The lowest BCUT2D eigenvalue weighted by Gasteiger charge is -2.41. The number of aromatic hydroxyl groups is 2. The third-order valence-electron chi connectivity index (χ3n) is 16.7. The van der Waals surface area contributed by atoms with Crippen LogP contribution in [0.3, 0.4) is 0 Å². The number of hydrogen-bond donors (Lipinski definition) is 5. The molecule has 452 valence electrons. The fourth-order valence-corrected chi connectivity index (χ4v) is 12.3. The summed E-state index contributed by atoms with van der Waals surface area (Å²) < 4.78 is 0. The Morgan fingerprint density at radius 2 is 0.614 bits per heavy atom. The number of benzene rings is 12. The van der Waals surface area contributed by atoms with Crippen LogP contribution in [0, 0.1) is 0 Å². The molecular formula is C79H86BrN5O3. The second kappa shape index (κ2) is 31.2. The average Bonchev–Trinajstić information content (AvgIpc) is 1.15. The lowest BCUT2D eigenvalue weighted by atomic mass is 9.93. The molecule has 0 spiro atoms. The number of nitrogens with two attached hydrogens (primary N) is 2. The molecule has 0 radical (unpaired) electrons. The Kier molecular flexibility index (Phi) is 22.6. The number of phenols is 2. The first-order chi connectivity index (χ1) is 42.6. The van der Waals surface area contributed by atoms with Crippen molar-refractivity contribution in [1.29, 1.82) is 0 Å². The van der Waals surface area contributed by atoms with Gasteiger partial charge in [0.1, 0.15) is 0 Å². The predicted octanol–water partition coefficient (Wildman–Crippen LogP) is 21.8. The number of nitrogens with one attached hydrogen (secondary N) is 1. The summed E-state index contributed by atoms with van der Waals surface area (Å²) in [5.41, 5.74) is 23.3. The van der Waals surface area contributed by atoms with Crippen molar-refractivity contribution in [2.24, 2.45) is 0 Å². The summed E-state index contributed by atoms with van der Waals surface area (Å²) in [5, 5.41) is 37.8. The molecule has 0 amide bonds. The highest BCUT2D eigenvalue weighted by molar-refractivity contribution is 9.09. The second-order valence-corrected chi connectivity index (χ2v) is 23.9. The van der Waals surface area contributed by atoms with Crippen molar-refractivity contribution in [2.45, 2.75) is 104 Å². The Hall–Kier alpha value is -8.76. The van der Waals surface area contributed by atoms with Gasteiger partial charge < -0.3 is 42.3 Å². The Labute approximate surface area is 528 Å². The number of phenolic OH excluding ortho intramolecular Hbond substituents is 2. The number of unbranched alkanes of at least 4 members (excludes halogenated alkanes) is 9. The van der Waals surface area contributed by atoms with Crippen LogP contribution in [-0.4, -0.2) is 34.1 Å². The number of alkyl halides is 1. The van der Waals surface area contributed by atoms with Gasteiger partial charge in [-0.05, 0) is 168 Å². The van der Waals surface area contributed by atoms with Crippen LogP contribution in [0.15, 0.2) is 218 Å². The number of rotatable bonds is 14. The molecule has 12 aromatic rings. The number of nitrogen functional groups attached to an aromatic ring is 2. The van der Waals surface area contributed by atoms with E-state index in [-0.39, 0.29) is 17.0 Å². The van der Waals surface area contributed by atoms with Crippen molar-refractivity contribution in [3.63, 3.8) is 0 Å². The molecule has 0 aliphatic carbocycles. The normalized spacial score (nSPS) is 11.7. The summed E-state index contributed by atoms with van der Waals surface area (Å²) in [6, 6.07) is 76.1. The van der Waals surface area contributed by atoms with Gasteiger partial charge >= 0.3 is 0 Å². The van der Waals surface area contributed by atoms with Gasteiger partial charge in [0.25, 0.3) is 0 Å². The fourth-order valence-electron chi connectivity index (χ4n) is 11.9. The maximum absolute atomic E-state index is 9.17. The molecule has 12 aromatic carbocycles. The van der Waals surface area contributed by atoms with Crippen LogP contribution in [0.4, 0.5) is 45.5 Å². The Morgan fingerprint density at radius 3 is 0.909 bits per heavy atom. The lowest BCUT2D eigenvalue weighted by Crippen LogP contribution is -2.31. The van der Waals surface area contributed by atoms with Gasteiger partial charge in [0.2, 0.25) is 0 Å². The van der Waals surface area contributed by atoms with Crippen LogP contribution in [0.1, 0.15) is 109 Å². The van der Waals surface area contributed by atoms with E-state index in [4.69, 9.17) is 21.7 Å². The minimum atomic E-state index is -0.0753. The first-order valence-corrected chi connectivity index (χ1v) is 32.7. The summed E-state index contributed by atoms with van der Waals surface area (Å²) in [5.74, 6) is -0.151. The first-order valence-electron chi connectivity index (χ1n) is 31.5. The van der Waals surface area contributed by atoms with E-state index in [1.807, 2.05) is 60.7 Å². The third kappa shape index (κ3) is 15.7. The van der Waals surface area contributed by atoms with Crippen LogP contribution in [-0.2, 0) is 6.42 Å². The summed E-state index contributed by atoms with van der Waals surface area (Å²) in [7, 11) is 0. The number of nitrogens with zero attached hydrogens (tertiary/aromatic N) is 2. The molecule has 2 heterocycles. The highest BCUT2D eigenvalue weighted by Crippen LogP contribution is 2.51. The molecule has 9 heteroatoms. The number of anilines is 8. The van der Waals surface area contributed by atoms with E-state index in [2.05, 4.69) is 197 Å². The van der Waals surface area contributed by atoms with E-state index >= 15 is 0 Å². The second-order valence-electron chi connectivity index (χ2n) is 23.1. The van der Waals surface area contributed by atoms with Gasteiger partial charge in [-0.1, -0.05) is 240 Å².